The van der Waals surface area contributed by atoms with Crippen LogP contribution in [0.1, 0.15) is 27.2 Å². The van der Waals surface area contributed by atoms with Crippen LogP contribution in [0.15, 0.2) is 28.0 Å². The van der Waals surface area contributed by atoms with Crippen molar-refractivity contribution in [3.05, 3.63) is 18.4 Å². The predicted molar refractivity (Wildman–Crippen MR) is 98.7 cm³/mol. The van der Waals surface area contributed by atoms with Crippen molar-refractivity contribution in [2.24, 2.45) is 5.73 Å². The number of thioether (sulfide) groups is 1. The average Bonchev–Trinajstić information content (AvgIpc) is 3.18. The number of nitrogens with zero attached hydrogens (tertiary/aromatic N) is 3. The van der Waals surface area contributed by atoms with E-state index in [2.05, 4.69) is 20.8 Å². The van der Waals surface area contributed by atoms with Crippen LogP contribution >= 0.6 is 11.8 Å². The standard InChI is InChI=1S/C16H22N6O4S/c1-16(2,3)19-14(25)18-12(24)9-27-15-21-20-13(10-5-4-8-26-10)22(15)7-6-11(17)23/h4-5,8H,6-7,9H2,1-3H3,(H2,17,23)(H2,18,19,24,25). The Balaban J connectivity index is 2.04. The number of furan rings is 1. The molecular formula is C16H22N6O4S. The smallest absolute Gasteiger partial charge is 0.321 e. The molecule has 0 aliphatic rings. The Morgan fingerprint density at radius 1 is 1.30 bits per heavy atom. The second kappa shape index (κ2) is 8.71. The quantitative estimate of drug-likeness (QED) is 0.597. The largest absolute Gasteiger partial charge is 0.461 e. The van der Waals surface area contributed by atoms with Crippen molar-refractivity contribution < 1.29 is 18.8 Å². The lowest BCUT2D eigenvalue weighted by molar-refractivity contribution is -0.118. The van der Waals surface area contributed by atoms with E-state index in [0.29, 0.717) is 16.7 Å². The van der Waals surface area contributed by atoms with Crippen LogP contribution in [0.5, 0.6) is 0 Å². The molecule has 2 heterocycles. The highest BCUT2D eigenvalue weighted by atomic mass is 32.2. The average molecular weight is 394 g/mol. The number of imide groups is 1. The zero-order valence-corrected chi connectivity index (χ0v) is 16.1. The molecule has 2 aromatic heterocycles. The summed E-state index contributed by atoms with van der Waals surface area (Å²) in [6.45, 7) is 5.67. The van der Waals surface area contributed by atoms with Gasteiger partial charge in [0.05, 0.1) is 12.0 Å². The van der Waals surface area contributed by atoms with Gasteiger partial charge in [0, 0.05) is 18.5 Å². The number of primary amides is 1. The molecule has 0 unspecified atom stereocenters. The molecule has 0 fully saturated rings. The van der Waals surface area contributed by atoms with E-state index >= 15 is 0 Å². The Kier molecular flexibility index (Phi) is 6.61. The van der Waals surface area contributed by atoms with Crippen molar-refractivity contribution in [2.45, 2.75) is 44.4 Å². The first-order chi connectivity index (χ1) is 12.7. The van der Waals surface area contributed by atoms with Gasteiger partial charge in [-0.2, -0.15) is 0 Å². The van der Waals surface area contributed by atoms with Crippen molar-refractivity contribution in [3.8, 4) is 11.6 Å². The molecule has 0 aliphatic carbocycles. The molecule has 2 rings (SSSR count). The fourth-order valence-corrected chi connectivity index (χ4v) is 2.84. The predicted octanol–water partition coefficient (Wildman–Crippen LogP) is 1.13. The first-order valence-corrected chi connectivity index (χ1v) is 9.14. The molecule has 11 heteroatoms. The lowest BCUT2D eigenvalue weighted by Crippen LogP contribution is -2.48. The maximum Gasteiger partial charge on any atom is 0.321 e. The molecule has 0 aliphatic heterocycles. The normalized spacial score (nSPS) is 11.2. The number of carbonyl (C=O) groups excluding carboxylic acids is 3. The Morgan fingerprint density at radius 3 is 2.63 bits per heavy atom. The summed E-state index contributed by atoms with van der Waals surface area (Å²) in [6.07, 6.45) is 1.58. The van der Waals surface area contributed by atoms with Crippen LogP contribution < -0.4 is 16.4 Å². The van der Waals surface area contributed by atoms with Crippen LogP contribution in [0.2, 0.25) is 0 Å². The summed E-state index contributed by atoms with van der Waals surface area (Å²) in [5.74, 6) is -0.0976. The number of rotatable bonds is 7. The fraction of sp³-hybridized carbons (Fsp3) is 0.438. The van der Waals surface area contributed by atoms with Crippen molar-refractivity contribution in [1.29, 1.82) is 0 Å². The number of nitrogens with one attached hydrogen (secondary N) is 2. The number of hydrogen-bond donors (Lipinski definition) is 3. The van der Waals surface area contributed by atoms with E-state index in [9.17, 15) is 14.4 Å². The third-order valence-electron chi connectivity index (χ3n) is 3.11. The van der Waals surface area contributed by atoms with Crippen molar-refractivity contribution >= 4 is 29.6 Å². The highest BCUT2D eigenvalue weighted by Gasteiger charge is 2.19. The zero-order valence-electron chi connectivity index (χ0n) is 15.3. The van der Waals surface area contributed by atoms with E-state index in [1.807, 2.05) is 20.8 Å². The summed E-state index contributed by atoms with van der Waals surface area (Å²) in [5, 5.41) is 13.4. The van der Waals surface area contributed by atoms with E-state index < -0.39 is 23.4 Å². The lowest BCUT2D eigenvalue weighted by atomic mass is 10.1. The Hall–Kier alpha value is -2.82. The third kappa shape index (κ3) is 6.44. The van der Waals surface area contributed by atoms with Crippen LogP contribution in [0.4, 0.5) is 4.79 Å². The van der Waals surface area contributed by atoms with Crippen LogP contribution in [0.25, 0.3) is 11.6 Å². The monoisotopic (exact) mass is 394 g/mol. The van der Waals surface area contributed by atoms with Crippen LogP contribution in [-0.2, 0) is 16.1 Å². The number of nitrogens with two attached hydrogens (primary N) is 1. The maximum atomic E-state index is 12.0. The first-order valence-electron chi connectivity index (χ1n) is 8.16. The molecule has 4 amide bonds. The molecule has 0 saturated heterocycles. The summed E-state index contributed by atoms with van der Waals surface area (Å²) < 4.78 is 6.97. The van der Waals surface area contributed by atoms with Gasteiger partial charge in [0.1, 0.15) is 0 Å². The van der Waals surface area contributed by atoms with Gasteiger partial charge in [0.25, 0.3) is 0 Å². The van der Waals surface area contributed by atoms with E-state index in [4.69, 9.17) is 10.2 Å². The Morgan fingerprint density at radius 2 is 2.04 bits per heavy atom. The summed E-state index contributed by atoms with van der Waals surface area (Å²) >= 11 is 1.09. The molecule has 0 atom stereocenters. The van der Waals surface area contributed by atoms with Gasteiger partial charge in [0.15, 0.2) is 16.7 Å². The molecular weight excluding hydrogens is 372 g/mol. The number of urea groups is 1. The SMILES string of the molecule is CC(C)(C)NC(=O)NC(=O)CSc1nnc(-c2ccco2)n1CCC(N)=O. The van der Waals surface area contributed by atoms with Gasteiger partial charge < -0.3 is 15.5 Å². The summed E-state index contributed by atoms with van der Waals surface area (Å²) in [6, 6.07) is 2.85. The van der Waals surface area contributed by atoms with Crippen LogP contribution in [-0.4, -0.2) is 43.9 Å². The minimum atomic E-state index is -0.570. The van der Waals surface area contributed by atoms with Crippen molar-refractivity contribution in [3.63, 3.8) is 0 Å². The molecule has 0 radical (unpaired) electrons. The molecule has 0 saturated carbocycles. The molecule has 0 bridgehead atoms. The first kappa shape index (κ1) is 20.5. The van der Waals surface area contributed by atoms with E-state index in [1.54, 1.807) is 16.7 Å². The third-order valence-corrected chi connectivity index (χ3v) is 4.08. The molecule has 0 spiro atoms. The highest BCUT2D eigenvalue weighted by molar-refractivity contribution is 7.99. The molecule has 0 aromatic carbocycles. The van der Waals surface area contributed by atoms with Gasteiger partial charge in [0.2, 0.25) is 11.8 Å². The number of aromatic nitrogens is 3. The van der Waals surface area contributed by atoms with Gasteiger partial charge >= 0.3 is 6.03 Å². The van der Waals surface area contributed by atoms with Crippen molar-refractivity contribution in [1.82, 2.24) is 25.4 Å². The second-order valence-electron chi connectivity index (χ2n) is 6.69. The van der Waals surface area contributed by atoms with Gasteiger partial charge in [-0.15, -0.1) is 10.2 Å². The number of amides is 4. The van der Waals surface area contributed by atoms with E-state index in [-0.39, 0.29) is 18.7 Å². The number of hydrogen-bond acceptors (Lipinski definition) is 7. The molecule has 27 heavy (non-hydrogen) atoms. The Labute approximate surface area is 160 Å². The second-order valence-corrected chi connectivity index (χ2v) is 7.63. The van der Waals surface area contributed by atoms with E-state index in [0.717, 1.165) is 11.8 Å². The van der Waals surface area contributed by atoms with Crippen molar-refractivity contribution in [2.75, 3.05) is 5.75 Å². The summed E-state index contributed by atoms with van der Waals surface area (Å²) in [7, 11) is 0. The molecule has 2 aromatic rings. The molecule has 146 valence electrons. The summed E-state index contributed by atoms with van der Waals surface area (Å²) in [5.41, 5.74) is 4.77. The minimum Gasteiger partial charge on any atom is -0.461 e. The molecule has 10 nitrogen and oxygen atoms in total. The van der Waals surface area contributed by atoms with Gasteiger partial charge in [-0.25, -0.2) is 4.79 Å². The van der Waals surface area contributed by atoms with Gasteiger partial charge in [-0.3, -0.25) is 19.5 Å². The van der Waals surface area contributed by atoms with Gasteiger partial charge in [-0.05, 0) is 32.9 Å². The summed E-state index contributed by atoms with van der Waals surface area (Å²) in [4.78, 5) is 34.9. The van der Waals surface area contributed by atoms with Gasteiger partial charge in [-0.1, -0.05) is 11.8 Å². The van der Waals surface area contributed by atoms with Crippen LogP contribution in [0, 0.1) is 0 Å². The fourth-order valence-electron chi connectivity index (χ4n) is 2.07. The Bertz CT molecular complexity index is 809. The van der Waals surface area contributed by atoms with Crippen LogP contribution in [0.3, 0.4) is 0 Å². The zero-order chi connectivity index (χ0) is 20.0. The lowest BCUT2D eigenvalue weighted by Gasteiger charge is -2.20. The molecule has 4 N–H and O–H groups in total. The topological polar surface area (TPSA) is 145 Å². The minimum absolute atomic E-state index is 0.0512. The maximum absolute atomic E-state index is 12.0. The van der Waals surface area contributed by atoms with E-state index in [1.165, 1.54) is 6.26 Å². The number of carbonyl (C=O) groups is 3. The highest BCUT2D eigenvalue weighted by Crippen LogP contribution is 2.24.